The molecule has 1 aromatic carbocycles. The number of hydrogen-bond acceptors (Lipinski definition) is 6. The third-order valence-corrected chi connectivity index (χ3v) is 8.11. The Morgan fingerprint density at radius 1 is 1.23 bits per heavy atom. The van der Waals surface area contributed by atoms with Crippen LogP contribution in [0.3, 0.4) is 0 Å². The molecule has 0 bridgehead atoms. The highest BCUT2D eigenvalue weighted by molar-refractivity contribution is 8.00. The second-order valence-corrected chi connectivity index (χ2v) is 11.6. The van der Waals surface area contributed by atoms with E-state index in [1.165, 1.54) is 4.88 Å². The zero-order valence-corrected chi connectivity index (χ0v) is 22.5. The maximum absolute atomic E-state index is 13.5. The molecule has 9 heteroatoms. The van der Waals surface area contributed by atoms with Gasteiger partial charge in [-0.1, -0.05) is 33.8 Å². The fourth-order valence-electron chi connectivity index (χ4n) is 4.11. The highest BCUT2D eigenvalue weighted by Crippen LogP contribution is 2.49. The first-order chi connectivity index (χ1) is 16.7. The Bertz CT molecular complexity index is 1180. The summed E-state index contributed by atoms with van der Waals surface area (Å²) in [6, 6.07) is 11.8. The molecule has 0 saturated carbocycles. The van der Waals surface area contributed by atoms with Crippen LogP contribution in [0.5, 0.6) is 5.75 Å². The zero-order chi connectivity index (χ0) is 25.2. The van der Waals surface area contributed by atoms with Gasteiger partial charge in [0.15, 0.2) is 0 Å². The van der Waals surface area contributed by atoms with Crippen molar-refractivity contribution in [3.63, 3.8) is 0 Å². The SMILES string of the molecule is CCCNC(=O)CN1C(=O)CS[C@H](c2cccs2)c2c(C(C)(C)C)nn(-c3ccc(OC)cc3)c21. The zero-order valence-electron chi connectivity index (χ0n) is 20.8. The number of methoxy groups -OCH3 is 1. The first-order valence-corrected chi connectivity index (χ1v) is 13.7. The van der Waals surface area contributed by atoms with Crippen molar-refractivity contribution in [3.8, 4) is 11.4 Å². The fourth-order valence-corrected chi connectivity index (χ4v) is 6.28. The number of benzene rings is 1. The average molecular weight is 513 g/mol. The van der Waals surface area contributed by atoms with Crippen LogP contribution in [-0.4, -0.2) is 47.5 Å². The van der Waals surface area contributed by atoms with Crippen LogP contribution in [-0.2, 0) is 15.0 Å². The summed E-state index contributed by atoms with van der Waals surface area (Å²) in [6.45, 7) is 8.94. The number of carbonyl (C=O) groups excluding carboxylic acids is 2. The van der Waals surface area contributed by atoms with Gasteiger partial charge in [-0.25, -0.2) is 4.68 Å². The summed E-state index contributed by atoms with van der Waals surface area (Å²) < 4.78 is 7.17. The maximum Gasteiger partial charge on any atom is 0.240 e. The van der Waals surface area contributed by atoms with Gasteiger partial charge in [-0.15, -0.1) is 23.1 Å². The molecule has 35 heavy (non-hydrogen) atoms. The summed E-state index contributed by atoms with van der Waals surface area (Å²) in [4.78, 5) is 29.1. The van der Waals surface area contributed by atoms with E-state index in [4.69, 9.17) is 9.84 Å². The molecule has 0 radical (unpaired) electrons. The smallest absolute Gasteiger partial charge is 0.240 e. The summed E-state index contributed by atoms with van der Waals surface area (Å²) in [5.74, 6) is 1.41. The topological polar surface area (TPSA) is 76.5 Å². The van der Waals surface area contributed by atoms with Gasteiger partial charge in [-0.3, -0.25) is 14.5 Å². The number of amides is 2. The van der Waals surface area contributed by atoms with Gasteiger partial charge >= 0.3 is 0 Å². The van der Waals surface area contributed by atoms with E-state index in [2.05, 4.69) is 37.5 Å². The minimum atomic E-state index is -0.276. The number of rotatable bonds is 7. The Morgan fingerprint density at radius 2 is 1.97 bits per heavy atom. The lowest BCUT2D eigenvalue weighted by Gasteiger charge is -2.24. The molecule has 0 spiro atoms. The van der Waals surface area contributed by atoms with Crippen LogP contribution >= 0.6 is 23.1 Å². The summed E-state index contributed by atoms with van der Waals surface area (Å²) >= 11 is 3.28. The third-order valence-electron chi connectivity index (χ3n) is 5.79. The summed E-state index contributed by atoms with van der Waals surface area (Å²) in [5, 5.41) is 10.0. The standard InChI is InChI=1S/C26H32N4O3S2/c1-6-13-27-20(31)15-29-21(32)16-35-23(19-8-7-14-34-19)22-24(26(2,3)4)28-30(25(22)29)17-9-11-18(33-5)12-10-17/h7-12,14,23H,6,13,15-16H2,1-5H3,(H,27,31)/t23-/m1/s1. The van der Waals surface area contributed by atoms with E-state index in [1.807, 2.05) is 41.9 Å². The maximum atomic E-state index is 13.5. The van der Waals surface area contributed by atoms with Crippen LogP contribution < -0.4 is 15.0 Å². The number of aromatic nitrogens is 2. The Balaban J connectivity index is 1.96. The van der Waals surface area contributed by atoms with Crippen LogP contribution in [0.15, 0.2) is 41.8 Å². The molecule has 7 nitrogen and oxygen atoms in total. The average Bonchev–Trinajstić information content (AvgIpc) is 3.48. The number of nitrogens with one attached hydrogen (secondary N) is 1. The van der Waals surface area contributed by atoms with Crippen molar-refractivity contribution in [2.75, 3.05) is 30.9 Å². The molecule has 3 aromatic rings. The summed E-state index contributed by atoms with van der Waals surface area (Å²) in [6.07, 6.45) is 0.833. The van der Waals surface area contributed by atoms with Crippen LogP contribution in [0.1, 0.15) is 55.5 Å². The van der Waals surface area contributed by atoms with E-state index in [0.717, 1.165) is 29.1 Å². The Kier molecular flexibility index (Phi) is 7.56. The van der Waals surface area contributed by atoms with Gasteiger partial charge < -0.3 is 10.1 Å². The quantitative estimate of drug-likeness (QED) is 0.486. The molecule has 3 heterocycles. The predicted octanol–water partition coefficient (Wildman–Crippen LogP) is 4.94. The van der Waals surface area contributed by atoms with Gasteiger partial charge in [-0.05, 0) is 42.1 Å². The Morgan fingerprint density at radius 3 is 2.57 bits per heavy atom. The molecule has 1 aliphatic rings. The number of ether oxygens (including phenoxy) is 1. The lowest BCUT2D eigenvalue weighted by molar-refractivity contribution is -0.122. The molecule has 0 unspecified atom stereocenters. The normalized spacial score (nSPS) is 16.1. The molecule has 0 fully saturated rings. The molecule has 4 rings (SSSR count). The number of thiophene rings is 1. The molecular weight excluding hydrogens is 480 g/mol. The molecule has 1 N–H and O–H groups in total. The van der Waals surface area contributed by atoms with Gasteiger partial charge in [-0.2, -0.15) is 5.10 Å². The highest BCUT2D eigenvalue weighted by Gasteiger charge is 2.40. The minimum Gasteiger partial charge on any atom is -0.497 e. The number of nitrogens with zero attached hydrogens (tertiary/aromatic N) is 3. The van der Waals surface area contributed by atoms with Gasteiger partial charge in [0.05, 0.1) is 29.5 Å². The molecular formula is C26H32N4O3S2. The van der Waals surface area contributed by atoms with Crippen molar-refractivity contribution in [3.05, 3.63) is 57.9 Å². The third kappa shape index (κ3) is 5.26. The van der Waals surface area contributed by atoms with Crippen LogP contribution in [0.2, 0.25) is 0 Å². The van der Waals surface area contributed by atoms with Crippen LogP contribution in [0.25, 0.3) is 5.69 Å². The first kappa shape index (κ1) is 25.3. The minimum absolute atomic E-state index is 0.0466. The van der Waals surface area contributed by atoms with Crippen molar-refractivity contribution in [1.29, 1.82) is 0 Å². The van der Waals surface area contributed by atoms with Crippen molar-refractivity contribution in [2.24, 2.45) is 0 Å². The number of thioether (sulfide) groups is 1. The van der Waals surface area contributed by atoms with Crippen LogP contribution in [0, 0.1) is 0 Å². The number of hydrogen-bond donors (Lipinski definition) is 1. The molecule has 2 amide bonds. The Labute approximate surface area is 214 Å². The summed E-state index contributed by atoms with van der Waals surface area (Å²) in [5.41, 5.74) is 2.44. The van der Waals surface area contributed by atoms with E-state index in [1.54, 1.807) is 35.1 Å². The fraction of sp³-hybridized carbons (Fsp3) is 0.423. The van der Waals surface area contributed by atoms with Gasteiger partial charge in [0.2, 0.25) is 11.8 Å². The molecule has 0 saturated heterocycles. The number of fused-ring (bicyclic) bond motifs is 1. The van der Waals surface area contributed by atoms with Gasteiger partial charge in [0, 0.05) is 22.4 Å². The van der Waals surface area contributed by atoms with E-state index >= 15 is 0 Å². The molecule has 186 valence electrons. The van der Waals surface area contributed by atoms with E-state index in [9.17, 15) is 9.59 Å². The molecule has 1 aliphatic heterocycles. The first-order valence-electron chi connectivity index (χ1n) is 11.7. The van der Waals surface area contributed by atoms with Crippen molar-refractivity contribution in [1.82, 2.24) is 15.1 Å². The van der Waals surface area contributed by atoms with Gasteiger partial charge in [0.25, 0.3) is 0 Å². The van der Waals surface area contributed by atoms with Crippen LogP contribution in [0.4, 0.5) is 5.82 Å². The number of carbonyl (C=O) groups is 2. The second-order valence-electron chi connectivity index (χ2n) is 9.48. The highest BCUT2D eigenvalue weighted by atomic mass is 32.2. The monoisotopic (exact) mass is 512 g/mol. The van der Waals surface area contributed by atoms with E-state index in [0.29, 0.717) is 12.4 Å². The number of anilines is 1. The van der Waals surface area contributed by atoms with E-state index < -0.39 is 0 Å². The molecule has 0 aliphatic carbocycles. The second kappa shape index (κ2) is 10.5. The predicted molar refractivity (Wildman–Crippen MR) is 143 cm³/mol. The van der Waals surface area contributed by atoms with E-state index in [-0.39, 0.29) is 34.8 Å². The lowest BCUT2D eigenvalue weighted by Crippen LogP contribution is -2.42. The van der Waals surface area contributed by atoms with Crippen molar-refractivity contribution < 1.29 is 14.3 Å². The largest absolute Gasteiger partial charge is 0.497 e. The van der Waals surface area contributed by atoms with Gasteiger partial charge in [0.1, 0.15) is 18.1 Å². The van der Waals surface area contributed by atoms with Crippen molar-refractivity contribution >= 4 is 40.7 Å². The Hall–Kier alpha value is -2.78. The molecule has 2 aromatic heterocycles. The van der Waals surface area contributed by atoms with Crippen molar-refractivity contribution in [2.45, 2.75) is 44.8 Å². The molecule has 1 atom stereocenters. The summed E-state index contributed by atoms with van der Waals surface area (Å²) in [7, 11) is 1.63. The lowest BCUT2D eigenvalue weighted by atomic mass is 9.88.